The van der Waals surface area contributed by atoms with Gasteiger partial charge in [0.15, 0.2) is 5.69 Å². The van der Waals surface area contributed by atoms with Crippen LogP contribution < -0.4 is 5.73 Å². The molecule has 10 heteroatoms. The number of anilines is 1. The molecule has 4 N–H and O–H groups in total. The van der Waals surface area contributed by atoms with Gasteiger partial charge in [-0.1, -0.05) is 0 Å². The van der Waals surface area contributed by atoms with Gasteiger partial charge in [-0.3, -0.25) is 4.79 Å². The van der Waals surface area contributed by atoms with E-state index in [9.17, 15) is 28.2 Å². The van der Waals surface area contributed by atoms with E-state index in [0.29, 0.717) is 6.20 Å². The molecule has 1 rings (SSSR count). The molecular formula is C10H12F3N3O4. The summed E-state index contributed by atoms with van der Waals surface area (Å²) in [5.41, 5.74) is 2.82. The minimum atomic E-state index is -4.89. The van der Waals surface area contributed by atoms with E-state index in [1.165, 1.54) is 0 Å². The van der Waals surface area contributed by atoms with Crippen molar-refractivity contribution in [1.29, 1.82) is 0 Å². The smallest absolute Gasteiger partial charge is 0.433 e. The highest BCUT2D eigenvalue weighted by molar-refractivity contribution is 5.69. The van der Waals surface area contributed by atoms with Crippen LogP contribution in [-0.4, -0.2) is 39.4 Å². The van der Waals surface area contributed by atoms with Crippen molar-refractivity contribution in [2.24, 2.45) is 0 Å². The van der Waals surface area contributed by atoms with Crippen molar-refractivity contribution in [1.82, 2.24) is 9.97 Å². The number of carbonyl (C=O) groups excluding carboxylic acids is 1. The molecule has 0 amide bonds. The molecule has 0 aromatic carbocycles. The van der Waals surface area contributed by atoms with Gasteiger partial charge >= 0.3 is 12.1 Å². The zero-order chi connectivity index (χ0) is 15.5. The molecule has 2 atom stereocenters. The second-order valence-corrected chi connectivity index (χ2v) is 3.82. The fourth-order valence-corrected chi connectivity index (χ4v) is 1.42. The van der Waals surface area contributed by atoms with Gasteiger partial charge in [0.25, 0.3) is 0 Å². The number of nitrogen functional groups attached to an aromatic ring is 1. The number of halogens is 3. The Morgan fingerprint density at radius 1 is 1.50 bits per heavy atom. The topological polar surface area (TPSA) is 119 Å². The molecule has 112 valence electrons. The van der Waals surface area contributed by atoms with Crippen molar-refractivity contribution in [2.45, 2.75) is 24.8 Å². The van der Waals surface area contributed by atoms with Gasteiger partial charge in [0.2, 0.25) is 5.95 Å². The first-order valence-corrected chi connectivity index (χ1v) is 5.29. The zero-order valence-corrected chi connectivity index (χ0v) is 10.3. The fourth-order valence-electron chi connectivity index (χ4n) is 1.42. The summed E-state index contributed by atoms with van der Waals surface area (Å²) in [6, 6.07) is 0. The maximum Gasteiger partial charge on any atom is 0.433 e. The SMILES string of the molecule is COC(=O)CC(O)C(O)c1cnc(N)nc1C(F)(F)F. The number of esters is 1. The van der Waals surface area contributed by atoms with Crippen LogP contribution in [0.1, 0.15) is 23.8 Å². The number of aliphatic hydroxyl groups is 2. The number of hydrogen-bond acceptors (Lipinski definition) is 7. The summed E-state index contributed by atoms with van der Waals surface area (Å²) in [5.74, 6) is -1.52. The molecule has 0 bridgehead atoms. The second-order valence-electron chi connectivity index (χ2n) is 3.82. The van der Waals surface area contributed by atoms with E-state index in [2.05, 4.69) is 14.7 Å². The summed E-state index contributed by atoms with van der Waals surface area (Å²) >= 11 is 0. The number of nitrogens with zero attached hydrogens (tertiary/aromatic N) is 2. The molecule has 0 radical (unpaired) electrons. The number of ether oxygens (including phenoxy) is 1. The summed E-state index contributed by atoms with van der Waals surface area (Å²) in [6.07, 6.45) is -8.73. The zero-order valence-electron chi connectivity index (χ0n) is 10.3. The molecule has 1 aromatic rings. The van der Waals surface area contributed by atoms with Gasteiger partial charge < -0.3 is 20.7 Å². The average Bonchev–Trinajstić information content (AvgIpc) is 2.36. The maximum atomic E-state index is 12.8. The number of aliphatic hydroxyl groups excluding tert-OH is 2. The first kappa shape index (κ1) is 16.1. The van der Waals surface area contributed by atoms with Crippen LogP contribution in [0.2, 0.25) is 0 Å². The van der Waals surface area contributed by atoms with Crippen molar-refractivity contribution in [3.63, 3.8) is 0 Å². The third-order valence-electron chi connectivity index (χ3n) is 2.39. The van der Waals surface area contributed by atoms with Crippen molar-refractivity contribution >= 4 is 11.9 Å². The lowest BCUT2D eigenvalue weighted by atomic mass is 10.0. The van der Waals surface area contributed by atoms with Crippen LogP contribution in [0.4, 0.5) is 19.1 Å². The van der Waals surface area contributed by atoms with Crippen LogP contribution in [0.3, 0.4) is 0 Å². The number of methoxy groups -OCH3 is 1. The Labute approximate surface area is 111 Å². The minimum Gasteiger partial charge on any atom is -0.469 e. The van der Waals surface area contributed by atoms with Crippen LogP contribution in [0.15, 0.2) is 6.20 Å². The molecule has 0 spiro atoms. The largest absolute Gasteiger partial charge is 0.469 e. The number of rotatable bonds is 4. The molecule has 0 aliphatic carbocycles. The quantitative estimate of drug-likeness (QED) is 0.671. The highest BCUT2D eigenvalue weighted by Crippen LogP contribution is 2.34. The summed E-state index contributed by atoms with van der Waals surface area (Å²) in [7, 11) is 1.04. The molecule has 0 aliphatic heterocycles. The van der Waals surface area contributed by atoms with E-state index in [1.807, 2.05) is 0 Å². The highest BCUT2D eigenvalue weighted by Gasteiger charge is 2.39. The van der Waals surface area contributed by atoms with Gasteiger partial charge in [-0.2, -0.15) is 13.2 Å². The lowest BCUT2D eigenvalue weighted by Gasteiger charge is -2.20. The first-order chi connectivity index (χ1) is 9.16. The number of hydrogen-bond donors (Lipinski definition) is 3. The Balaban J connectivity index is 3.09. The Morgan fingerprint density at radius 2 is 2.10 bits per heavy atom. The Hall–Kier alpha value is -1.94. The molecule has 20 heavy (non-hydrogen) atoms. The summed E-state index contributed by atoms with van der Waals surface area (Å²) in [6.45, 7) is 0. The van der Waals surface area contributed by atoms with Gasteiger partial charge in [-0.15, -0.1) is 0 Å². The Kier molecular flexibility index (Phi) is 4.84. The number of aromatic nitrogens is 2. The molecule has 7 nitrogen and oxygen atoms in total. The van der Waals surface area contributed by atoms with Crippen molar-refractivity contribution in [2.75, 3.05) is 12.8 Å². The molecule has 0 saturated heterocycles. The van der Waals surface area contributed by atoms with Crippen LogP contribution in [0.5, 0.6) is 0 Å². The van der Waals surface area contributed by atoms with E-state index in [0.717, 1.165) is 7.11 Å². The summed E-state index contributed by atoms with van der Waals surface area (Å²) in [4.78, 5) is 17.3. The minimum absolute atomic E-state index is 0.629. The monoisotopic (exact) mass is 295 g/mol. The summed E-state index contributed by atoms with van der Waals surface area (Å²) in [5, 5.41) is 19.2. The van der Waals surface area contributed by atoms with Gasteiger partial charge in [-0.05, 0) is 0 Å². The Morgan fingerprint density at radius 3 is 2.60 bits per heavy atom. The van der Waals surface area contributed by atoms with Crippen molar-refractivity contribution in [3.8, 4) is 0 Å². The molecule has 2 unspecified atom stereocenters. The van der Waals surface area contributed by atoms with Crippen LogP contribution in [-0.2, 0) is 15.7 Å². The Bertz CT molecular complexity index is 495. The number of nitrogens with two attached hydrogens (primary N) is 1. The third kappa shape index (κ3) is 3.78. The normalized spacial score (nSPS) is 14.7. The molecule has 0 fully saturated rings. The van der Waals surface area contributed by atoms with Crippen LogP contribution >= 0.6 is 0 Å². The predicted molar refractivity (Wildman–Crippen MR) is 59.0 cm³/mol. The predicted octanol–water partition coefficient (Wildman–Crippen LogP) is 0.0350. The lowest BCUT2D eigenvalue weighted by molar-refractivity contribution is -0.146. The number of alkyl halides is 3. The molecule has 1 aromatic heterocycles. The standard InChI is InChI=1S/C10H12F3N3O4/c1-20-6(18)2-5(17)7(19)4-3-15-9(14)16-8(4)10(11,12)13/h3,5,7,17,19H,2H2,1H3,(H2,14,15,16). The summed E-state index contributed by atoms with van der Waals surface area (Å²) < 4.78 is 42.5. The number of carbonyl (C=O) groups is 1. The van der Waals surface area contributed by atoms with E-state index in [4.69, 9.17) is 5.73 Å². The molecular weight excluding hydrogens is 283 g/mol. The first-order valence-electron chi connectivity index (χ1n) is 5.29. The van der Waals surface area contributed by atoms with Gasteiger partial charge in [0.1, 0.15) is 6.10 Å². The van der Waals surface area contributed by atoms with Gasteiger partial charge in [0, 0.05) is 11.8 Å². The second kappa shape index (κ2) is 6.01. The molecule has 0 saturated carbocycles. The molecule has 1 heterocycles. The van der Waals surface area contributed by atoms with Crippen molar-refractivity contribution < 1.29 is 32.9 Å². The van der Waals surface area contributed by atoms with Crippen LogP contribution in [0.25, 0.3) is 0 Å². The van der Waals surface area contributed by atoms with E-state index >= 15 is 0 Å². The van der Waals surface area contributed by atoms with Crippen molar-refractivity contribution in [3.05, 3.63) is 17.5 Å². The maximum absolute atomic E-state index is 12.8. The third-order valence-corrected chi connectivity index (χ3v) is 2.39. The molecule has 0 aliphatic rings. The van der Waals surface area contributed by atoms with E-state index in [-0.39, 0.29) is 0 Å². The van der Waals surface area contributed by atoms with E-state index in [1.54, 1.807) is 0 Å². The van der Waals surface area contributed by atoms with Gasteiger partial charge in [-0.25, -0.2) is 9.97 Å². The lowest BCUT2D eigenvalue weighted by Crippen LogP contribution is -2.26. The highest BCUT2D eigenvalue weighted by atomic mass is 19.4. The van der Waals surface area contributed by atoms with E-state index < -0.39 is 48.0 Å². The van der Waals surface area contributed by atoms with Crippen LogP contribution in [0, 0.1) is 0 Å². The van der Waals surface area contributed by atoms with Gasteiger partial charge in [0.05, 0.1) is 19.6 Å². The average molecular weight is 295 g/mol. The fraction of sp³-hybridized carbons (Fsp3) is 0.500.